The van der Waals surface area contributed by atoms with Crippen molar-refractivity contribution in [1.29, 1.82) is 0 Å². The van der Waals surface area contributed by atoms with Crippen LogP contribution in [0.15, 0.2) is 10.5 Å². The third-order valence-corrected chi connectivity index (χ3v) is 2.55. The molecule has 0 amide bonds. The summed E-state index contributed by atoms with van der Waals surface area (Å²) in [4.78, 5) is 12.9. The number of carbonyl (C=O) groups is 1. The normalized spacial score (nSPS) is 11.4. The second kappa shape index (κ2) is 6.56. The summed E-state index contributed by atoms with van der Waals surface area (Å²) in [6, 6.07) is 1.58. The smallest absolute Gasteiger partial charge is 0.339 e. The highest BCUT2D eigenvalue weighted by molar-refractivity contribution is 5.88. The summed E-state index contributed by atoms with van der Waals surface area (Å²) in [5.41, 5.74) is 0.233. The van der Waals surface area contributed by atoms with Gasteiger partial charge in [0.2, 0.25) is 0 Å². The number of furan rings is 1. The van der Waals surface area contributed by atoms with E-state index < -0.39 is 5.97 Å². The molecular formula is C13H21NO4. The highest BCUT2D eigenvalue weighted by Gasteiger charge is 2.14. The Morgan fingerprint density at radius 2 is 2.22 bits per heavy atom. The molecular weight excluding hydrogens is 234 g/mol. The molecule has 102 valence electrons. The Morgan fingerprint density at radius 1 is 1.56 bits per heavy atom. The maximum absolute atomic E-state index is 10.9. The van der Waals surface area contributed by atoms with E-state index in [0.29, 0.717) is 24.7 Å². The molecule has 0 unspecified atom stereocenters. The molecule has 0 bridgehead atoms. The lowest BCUT2D eigenvalue weighted by molar-refractivity contribution is 0.0616. The number of carboxylic acid groups (broad SMARTS) is 1. The van der Waals surface area contributed by atoms with E-state index in [-0.39, 0.29) is 11.7 Å². The van der Waals surface area contributed by atoms with Gasteiger partial charge in [0.25, 0.3) is 0 Å². The van der Waals surface area contributed by atoms with E-state index in [2.05, 4.69) is 0 Å². The SMILES string of the molecule is Cc1oc(CN(C)CCOC(C)C)cc1C(=O)O. The van der Waals surface area contributed by atoms with Gasteiger partial charge in [-0.2, -0.15) is 0 Å². The van der Waals surface area contributed by atoms with E-state index in [0.717, 1.165) is 6.54 Å². The zero-order valence-electron chi connectivity index (χ0n) is 11.4. The van der Waals surface area contributed by atoms with Gasteiger partial charge in [-0.3, -0.25) is 4.90 Å². The molecule has 0 fully saturated rings. The largest absolute Gasteiger partial charge is 0.478 e. The number of aryl methyl sites for hydroxylation is 1. The lowest BCUT2D eigenvalue weighted by atomic mass is 10.2. The first kappa shape index (κ1) is 14.7. The van der Waals surface area contributed by atoms with E-state index in [1.54, 1.807) is 13.0 Å². The number of carboxylic acids is 1. The molecule has 1 aromatic heterocycles. The quantitative estimate of drug-likeness (QED) is 0.808. The first-order valence-corrected chi connectivity index (χ1v) is 6.03. The third-order valence-electron chi connectivity index (χ3n) is 2.55. The second-order valence-electron chi connectivity index (χ2n) is 4.65. The Morgan fingerprint density at radius 3 is 2.72 bits per heavy atom. The maximum Gasteiger partial charge on any atom is 0.339 e. The van der Waals surface area contributed by atoms with Gasteiger partial charge in [0.05, 0.1) is 19.3 Å². The lowest BCUT2D eigenvalue weighted by Gasteiger charge is -2.16. The van der Waals surface area contributed by atoms with Crippen LogP contribution >= 0.6 is 0 Å². The van der Waals surface area contributed by atoms with Gasteiger partial charge >= 0.3 is 5.97 Å². The molecule has 1 aromatic rings. The van der Waals surface area contributed by atoms with Crippen LogP contribution in [0.4, 0.5) is 0 Å². The van der Waals surface area contributed by atoms with Crippen molar-refractivity contribution in [3.05, 3.63) is 23.2 Å². The molecule has 0 aliphatic rings. The lowest BCUT2D eigenvalue weighted by Crippen LogP contribution is -2.23. The number of nitrogens with zero attached hydrogens (tertiary/aromatic N) is 1. The van der Waals surface area contributed by atoms with Crippen LogP contribution in [0, 0.1) is 6.92 Å². The van der Waals surface area contributed by atoms with Crippen LogP contribution in [-0.4, -0.2) is 42.3 Å². The first-order valence-electron chi connectivity index (χ1n) is 6.03. The molecule has 1 heterocycles. The predicted octanol–water partition coefficient (Wildman–Crippen LogP) is 2.14. The first-order chi connectivity index (χ1) is 8.40. The molecule has 0 atom stereocenters. The average molecular weight is 255 g/mol. The summed E-state index contributed by atoms with van der Waals surface area (Å²) >= 11 is 0. The van der Waals surface area contributed by atoms with Gasteiger partial charge in [0.15, 0.2) is 0 Å². The standard InChI is InChI=1S/C13H21NO4/c1-9(2)17-6-5-14(4)8-11-7-12(13(15)16)10(3)18-11/h7,9H,5-6,8H2,1-4H3,(H,15,16). The minimum atomic E-state index is -0.951. The molecule has 5 nitrogen and oxygen atoms in total. The number of likely N-dealkylation sites (N-methyl/N-ethyl adjacent to an activating group) is 1. The fourth-order valence-corrected chi connectivity index (χ4v) is 1.62. The highest BCUT2D eigenvalue weighted by Crippen LogP contribution is 2.15. The van der Waals surface area contributed by atoms with Gasteiger partial charge in [-0.25, -0.2) is 4.79 Å². The number of rotatable bonds is 7. The van der Waals surface area contributed by atoms with E-state index >= 15 is 0 Å². The Labute approximate surface area is 107 Å². The summed E-state index contributed by atoms with van der Waals surface area (Å²) in [7, 11) is 1.95. The molecule has 0 radical (unpaired) electrons. The predicted molar refractivity (Wildman–Crippen MR) is 67.8 cm³/mol. The van der Waals surface area contributed by atoms with Crippen LogP contribution < -0.4 is 0 Å². The van der Waals surface area contributed by atoms with Gasteiger partial charge in [-0.15, -0.1) is 0 Å². The molecule has 5 heteroatoms. The van der Waals surface area contributed by atoms with Crippen molar-refractivity contribution in [2.24, 2.45) is 0 Å². The Hall–Kier alpha value is -1.33. The second-order valence-corrected chi connectivity index (χ2v) is 4.65. The van der Waals surface area contributed by atoms with Gasteiger partial charge in [-0.1, -0.05) is 0 Å². The minimum absolute atomic E-state index is 0.225. The van der Waals surface area contributed by atoms with Crippen molar-refractivity contribution in [3.63, 3.8) is 0 Å². The van der Waals surface area contributed by atoms with E-state index in [9.17, 15) is 4.79 Å². The summed E-state index contributed by atoms with van der Waals surface area (Å²) in [6.45, 7) is 7.66. The Balaban J connectivity index is 2.47. The minimum Gasteiger partial charge on any atom is -0.478 e. The van der Waals surface area contributed by atoms with Crippen LogP contribution in [-0.2, 0) is 11.3 Å². The van der Waals surface area contributed by atoms with E-state index in [4.69, 9.17) is 14.3 Å². The van der Waals surface area contributed by atoms with Crippen LogP contribution in [0.3, 0.4) is 0 Å². The molecule has 0 spiro atoms. The fraction of sp³-hybridized carbons (Fsp3) is 0.615. The monoisotopic (exact) mass is 255 g/mol. The van der Waals surface area contributed by atoms with Crippen molar-refractivity contribution in [3.8, 4) is 0 Å². The van der Waals surface area contributed by atoms with Crippen molar-refractivity contribution in [1.82, 2.24) is 4.90 Å². The fourth-order valence-electron chi connectivity index (χ4n) is 1.62. The molecule has 0 aliphatic carbocycles. The third kappa shape index (κ3) is 4.50. The van der Waals surface area contributed by atoms with E-state index in [1.165, 1.54) is 0 Å². The van der Waals surface area contributed by atoms with Crippen molar-refractivity contribution in [2.75, 3.05) is 20.2 Å². The molecule has 1 N–H and O–H groups in total. The summed E-state index contributed by atoms with van der Waals surface area (Å²) < 4.78 is 10.9. The van der Waals surface area contributed by atoms with E-state index in [1.807, 2.05) is 25.8 Å². The number of hydrogen-bond donors (Lipinski definition) is 1. The Kier molecular flexibility index (Phi) is 5.37. The topological polar surface area (TPSA) is 62.9 Å². The number of aromatic carboxylic acids is 1. The molecule has 0 saturated carbocycles. The van der Waals surface area contributed by atoms with Crippen LogP contribution in [0.25, 0.3) is 0 Å². The van der Waals surface area contributed by atoms with Crippen LogP contribution in [0.1, 0.15) is 35.7 Å². The summed E-state index contributed by atoms with van der Waals surface area (Å²) in [5, 5.41) is 8.92. The molecule has 0 aromatic carbocycles. The average Bonchev–Trinajstić information content (AvgIpc) is 2.58. The van der Waals surface area contributed by atoms with Crippen LogP contribution in [0.5, 0.6) is 0 Å². The van der Waals surface area contributed by atoms with Gasteiger partial charge < -0.3 is 14.3 Å². The number of ether oxygens (including phenoxy) is 1. The molecule has 1 rings (SSSR count). The van der Waals surface area contributed by atoms with Gasteiger partial charge in [0.1, 0.15) is 17.1 Å². The van der Waals surface area contributed by atoms with Gasteiger partial charge in [0, 0.05) is 6.54 Å². The van der Waals surface area contributed by atoms with Crippen molar-refractivity contribution >= 4 is 5.97 Å². The summed E-state index contributed by atoms with van der Waals surface area (Å²) in [5.74, 6) is 0.162. The van der Waals surface area contributed by atoms with Gasteiger partial charge in [-0.05, 0) is 33.9 Å². The molecule has 0 saturated heterocycles. The summed E-state index contributed by atoms with van der Waals surface area (Å²) in [6.07, 6.45) is 0.225. The number of hydrogen-bond acceptors (Lipinski definition) is 4. The van der Waals surface area contributed by atoms with Crippen molar-refractivity contribution in [2.45, 2.75) is 33.4 Å². The molecule has 0 aliphatic heterocycles. The Bertz CT molecular complexity index is 398. The zero-order valence-corrected chi connectivity index (χ0v) is 11.4. The van der Waals surface area contributed by atoms with Crippen LogP contribution in [0.2, 0.25) is 0 Å². The highest BCUT2D eigenvalue weighted by atomic mass is 16.5. The maximum atomic E-state index is 10.9. The van der Waals surface area contributed by atoms with Crippen molar-refractivity contribution < 1.29 is 19.1 Å². The molecule has 18 heavy (non-hydrogen) atoms. The zero-order chi connectivity index (χ0) is 13.7.